The zero-order valence-corrected chi connectivity index (χ0v) is 12.8. The first kappa shape index (κ1) is 16.3. The highest BCUT2D eigenvalue weighted by Gasteiger charge is 2.18. The van der Waals surface area contributed by atoms with E-state index < -0.39 is 5.60 Å². The Kier molecular flexibility index (Phi) is 6.29. The summed E-state index contributed by atoms with van der Waals surface area (Å²) in [5.41, 5.74) is 0.713. The number of hydrogen-bond acceptors (Lipinski definition) is 2. The molecule has 1 N–H and O–H groups in total. The first-order chi connectivity index (χ1) is 9.40. The minimum Gasteiger partial charge on any atom is -0.444 e. The van der Waals surface area contributed by atoms with Crippen molar-refractivity contribution in [1.29, 1.82) is 0 Å². The zero-order chi connectivity index (χ0) is 15.0. The Bertz CT molecular complexity index is 432. The molecule has 0 unspecified atom stereocenters. The Morgan fingerprint density at radius 2 is 1.95 bits per heavy atom. The van der Waals surface area contributed by atoms with Crippen molar-refractivity contribution in [2.24, 2.45) is 0 Å². The molecule has 0 aliphatic heterocycles. The molecular formula is C17H25NO2. The molecule has 0 aliphatic carbocycles. The zero-order valence-electron chi connectivity index (χ0n) is 12.8. The minimum atomic E-state index is -0.476. The van der Waals surface area contributed by atoms with Gasteiger partial charge in [-0.2, -0.15) is 0 Å². The summed E-state index contributed by atoms with van der Waals surface area (Å²) < 4.78 is 5.30. The highest BCUT2D eigenvalue weighted by molar-refractivity contribution is 5.68. The summed E-state index contributed by atoms with van der Waals surface area (Å²) >= 11 is 0. The van der Waals surface area contributed by atoms with Crippen LogP contribution in [0.4, 0.5) is 4.79 Å². The summed E-state index contributed by atoms with van der Waals surface area (Å²) in [7, 11) is 0. The first-order valence-electron chi connectivity index (χ1n) is 7.11. The van der Waals surface area contributed by atoms with Crippen LogP contribution in [0, 0.1) is 0 Å². The molecule has 0 fully saturated rings. The summed E-state index contributed by atoms with van der Waals surface area (Å²) in [5.74, 6) is 0. The molecule has 0 aliphatic rings. The van der Waals surface area contributed by atoms with Gasteiger partial charge in [0.1, 0.15) is 5.60 Å². The Hall–Kier alpha value is -1.77. The Morgan fingerprint density at radius 1 is 1.30 bits per heavy atom. The highest BCUT2D eigenvalue weighted by atomic mass is 16.6. The van der Waals surface area contributed by atoms with Crippen LogP contribution in [0.2, 0.25) is 0 Å². The van der Waals surface area contributed by atoms with Crippen molar-refractivity contribution in [2.75, 3.05) is 0 Å². The Balaban J connectivity index is 2.65. The van der Waals surface area contributed by atoms with E-state index in [1.165, 1.54) is 5.56 Å². The van der Waals surface area contributed by atoms with Crippen LogP contribution in [0.15, 0.2) is 42.5 Å². The fourth-order valence-corrected chi connectivity index (χ4v) is 1.79. The number of carbonyl (C=O) groups is 1. The van der Waals surface area contributed by atoms with E-state index in [1.807, 2.05) is 45.0 Å². The first-order valence-corrected chi connectivity index (χ1v) is 7.11. The number of amides is 1. The minimum absolute atomic E-state index is 0.0489. The van der Waals surface area contributed by atoms with Crippen LogP contribution in [-0.4, -0.2) is 17.7 Å². The van der Waals surface area contributed by atoms with Crippen molar-refractivity contribution < 1.29 is 9.53 Å². The fourth-order valence-electron chi connectivity index (χ4n) is 1.79. The van der Waals surface area contributed by atoms with Crippen molar-refractivity contribution >= 4 is 6.09 Å². The van der Waals surface area contributed by atoms with Gasteiger partial charge in [-0.25, -0.2) is 4.79 Å². The molecule has 0 bridgehead atoms. The number of alkyl carbamates (subject to hydrolysis) is 1. The topological polar surface area (TPSA) is 38.3 Å². The largest absolute Gasteiger partial charge is 0.444 e. The van der Waals surface area contributed by atoms with Crippen LogP contribution in [0.25, 0.3) is 0 Å². The van der Waals surface area contributed by atoms with Crippen LogP contribution in [0.1, 0.15) is 39.7 Å². The third kappa shape index (κ3) is 6.98. The van der Waals surface area contributed by atoms with Gasteiger partial charge in [0.15, 0.2) is 0 Å². The van der Waals surface area contributed by atoms with Crippen LogP contribution >= 0.6 is 0 Å². The molecule has 1 rings (SSSR count). The molecule has 0 heterocycles. The smallest absolute Gasteiger partial charge is 0.408 e. The molecule has 1 aromatic carbocycles. The SMILES string of the molecule is CC/C=C\[C@H](Cc1ccccc1)NC(=O)OC(C)(C)C. The van der Waals surface area contributed by atoms with Gasteiger partial charge in [-0.05, 0) is 39.2 Å². The van der Waals surface area contributed by atoms with Gasteiger partial charge in [-0.3, -0.25) is 0 Å². The fraction of sp³-hybridized carbons (Fsp3) is 0.471. The van der Waals surface area contributed by atoms with Gasteiger partial charge in [0.05, 0.1) is 6.04 Å². The quantitative estimate of drug-likeness (QED) is 0.822. The number of carbonyl (C=O) groups excluding carboxylic acids is 1. The third-order valence-electron chi connectivity index (χ3n) is 2.60. The van der Waals surface area contributed by atoms with E-state index in [1.54, 1.807) is 0 Å². The second-order valence-corrected chi connectivity index (χ2v) is 5.78. The summed E-state index contributed by atoms with van der Waals surface area (Å²) in [6, 6.07) is 10.1. The maximum absolute atomic E-state index is 11.9. The molecule has 0 radical (unpaired) electrons. The van der Waals surface area contributed by atoms with E-state index in [2.05, 4.69) is 30.4 Å². The van der Waals surface area contributed by atoms with Crippen LogP contribution < -0.4 is 5.32 Å². The van der Waals surface area contributed by atoms with E-state index >= 15 is 0 Å². The maximum Gasteiger partial charge on any atom is 0.408 e. The predicted molar refractivity (Wildman–Crippen MR) is 82.7 cm³/mol. The number of ether oxygens (including phenoxy) is 1. The monoisotopic (exact) mass is 275 g/mol. The lowest BCUT2D eigenvalue weighted by atomic mass is 10.1. The number of nitrogens with one attached hydrogen (secondary N) is 1. The molecule has 1 atom stereocenters. The highest BCUT2D eigenvalue weighted by Crippen LogP contribution is 2.09. The van der Waals surface area contributed by atoms with Gasteiger partial charge >= 0.3 is 6.09 Å². The molecule has 0 saturated heterocycles. The van der Waals surface area contributed by atoms with E-state index in [4.69, 9.17) is 4.74 Å². The number of hydrogen-bond donors (Lipinski definition) is 1. The lowest BCUT2D eigenvalue weighted by Crippen LogP contribution is -2.39. The molecule has 0 spiro atoms. The maximum atomic E-state index is 11.9. The normalized spacial score (nSPS) is 13.2. The molecule has 110 valence electrons. The van der Waals surface area contributed by atoms with Crippen LogP contribution in [-0.2, 0) is 11.2 Å². The second kappa shape index (κ2) is 7.73. The van der Waals surface area contributed by atoms with Crippen molar-refractivity contribution in [2.45, 2.75) is 52.2 Å². The van der Waals surface area contributed by atoms with E-state index in [-0.39, 0.29) is 12.1 Å². The lowest BCUT2D eigenvalue weighted by Gasteiger charge is -2.22. The lowest BCUT2D eigenvalue weighted by molar-refractivity contribution is 0.0514. The molecular weight excluding hydrogens is 250 g/mol. The number of rotatable bonds is 5. The summed E-state index contributed by atoms with van der Waals surface area (Å²) in [6.45, 7) is 7.66. The van der Waals surface area contributed by atoms with Gasteiger partial charge in [0.2, 0.25) is 0 Å². The third-order valence-corrected chi connectivity index (χ3v) is 2.60. The van der Waals surface area contributed by atoms with Crippen molar-refractivity contribution in [1.82, 2.24) is 5.32 Å². The van der Waals surface area contributed by atoms with Gasteiger partial charge in [0.25, 0.3) is 0 Å². The van der Waals surface area contributed by atoms with Crippen LogP contribution in [0.5, 0.6) is 0 Å². The van der Waals surface area contributed by atoms with Crippen molar-refractivity contribution in [3.05, 3.63) is 48.0 Å². The molecule has 1 amide bonds. The molecule has 0 aromatic heterocycles. The molecule has 3 heteroatoms. The molecule has 1 aromatic rings. The standard InChI is InChI=1S/C17H25NO2/c1-5-6-12-15(13-14-10-8-7-9-11-14)18-16(19)20-17(2,3)4/h6-12,15H,5,13H2,1-4H3,(H,18,19)/b12-6-/t15-/m1/s1. The van der Waals surface area contributed by atoms with Crippen molar-refractivity contribution in [3.63, 3.8) is 0 Å². The number of allylic oxidation sites excluding steroid dienone is 1. The summed E-state index contributed by atoms with van der Waals surface area (Å²) in [5, 5.41) is 2.91. The van der Waals surface area contributed by atoms with Crippen molar-refractivity contribution in [3.8, 4) is 0 Å². The van der Waals surface area contributed by atoms with Gasteiger partial charge < -0.3 is 10.1 Å². The molecule has 0 saturated carbocycles. The van der Waals surface area contributed by atoms with Gasteiger partial charge in [0, 0.05) is 0 Å². The van der Waals surface area contributed by atoms with Gasteiger partial charge in [-0.15, -0.1) is 0 Å². The second-order valence-electron chi connectivity index (χ2n) is 5.78. The molecule has 3 nitrogen and oxygen atoms in total. The number of benzene rings is 1. The van der Waals surface area contributed by atoms with Gasteiger partial charge in [-0.1, -0.05) is 49.4 Å². The average molecular weight is 275 g/mol. The van der Waals surface area contributed by atoms with E-state index in [0.29, 0.717) is 0 Å². The summed E-state index contributed by atoms with van der Waals surface area (Å²) in [4.78, 5) is 11.9. The van der Waals surface area contributed by atoms with E-state index in [9.17, 15) is 4.79 Å². The van der Waals surface area contributed by atoms with E-state index in [0.717, 1.165) is 12.8 Å². The predicted octanol–water partition coefficient (Wildman–Crippen LogP) is 4.09. The van der Waals surface area contributed by atoms with Crippen LogP contribution in [0.3, 0.4) is 0 Å². The average Bonchev–Trinajstić information content (AvgIpc) is 2.35. The summed E-state index contributed by atoms with van der Waals surface area (Å²) in [6.07, 6.45) is 5.42. The molecule has 20 heavy (non-hydrogen) atoms. The Labute approximate surface area is 122 Å². The Morgan fingerprint density at radius 3 is 2.50 bits per heavy atom.